The molecule has 8 heteroatoms. The Morgan fingerprint density at radius 1 is 1.04 bits per heavy atom. The molecule has 2 aromatic carbocycles. The van der Waals surface area contributed by atoms with E-state index in [1.807, 2.05) is 0 Å². The molecule has 0 atom stereocenters. The molecule has 0 aromatic heterocycles. The lowest BCUT2D eigenvalue weighted by Gasteiger charge is -2.09. The van der Waals surface area contributed by atoms with Gasteiger partial charge in [-0.1, -0.05) is 35.3 Å². The predicted octanol–water partition coefficient (Wildman–Crippen LogP) is 3.76. The van der Waals surface area contributed by atoms with Crippen molar-refractivity contribution in [1.29, 1.82) is 0 Å². The lowest BCUT2D eigenvalue weighted by Crippen LogP contribution is -2.41. The van der Waals surface area contributed by atoms with Gasteiger partial charge in [0.1, 0.15) is 5.75 Å². The van der Waals surface area contributed by atoms with Gasteiger partial charge in [-0.3, -0.25) is 20.4 Å². The van der Waals surface area contributed by atoms with Crippen molar-refractivity contribution in [2.75, 3.05) is 13.7 Å². The maximum absolute atomic E-state index is 12.0. The molecule has 144 valence electrons. The second kappa shape index (κ2) is 10.8. The molecule has 2 amide bonds. The van der Waals surface area contributed by atoms with E-state index in [1.165, 1.54) is 0 Å². The second-order valence-corrected chi connectivity index (χ2v) is 6.50. The molecule has 0 heterocycles. The minimum absolute atomic E-state index is 0.193. The van der Waals surface area contributed by atoms with Crippen LogP contribution in [-0.4, -0.2) is 25.5 Å². The molecule has 0 bridgehead atoms. The molecule has 0 fully saturated rings. The van der Waals surface area contributed by atoms with Gasteiger partial charge < -0.3 is 9.47 Å². The lowest BCUT2D eigenvalue weighted by molar-refractivity contribution is -0.122. The average molecular weight is 411 g/mol. The molecule has 27 heavy (non-hydrogen) atoms. The SMILES string of the molecule is COCc1ccc(C(=O)NNC(=O)CCCOc2ccc(Cl)cc2Cl)cc1. The number of halogens is 2. The molecule has 0 radical (unpaired) electrons. The summed E-state index contributed by atoms with van der Waals surface area (Å²) in [6.45, 7) is 0.783. The predicted molar refractivity (Wildman–Crippen MR) is 104 cm³/mol. The van der Waals surface area contributed by atoms with Crippen LogP contribution in [0, 0.1) is 0 Å². The average Bonchev–Trinajstić information content (AvgIpc) is 2.65. The van der Waals surface area contributed by atoms with Crippen molar-refractivity contribution < 1.29 is 19.1 Å². The van der Waals surface area contributed by atoms with Crippen LogP contribution in [0.2, 0.25) is 10.0 Å². The summed E-state index contributed by atoms with van der Waals surface area (Å²) in [5.74, 6) is -0.201. The highest BCUT2D eigenvalue weighted by atomic mass is 35.5. The van der Waals surface area contributed by atoms with E-state index in [4.69, 9.17) is 32.7 Å². The summed E-state index contributed by atoms with van der Waals surface area (Å²) in [4.78, 5) is 23.8. The molecular weight excluding hydrogens is 391 g/mol. The Balaban J connectivity index is 1.67. The van der Waals surface area contributed by atoms with Crippen LogP contribution in [0.3, 0.4) is 0 Å². The number of hydrazine groups is 1. The third-order valence-electron chi connectivity index (χ3n) is 3.54. The molecule has 0 aliphatic heterocycles. The number of amides is 2. The fraction of sp³-hybridized carbons (Fsp3) is 0.263. The first-order valence-electron chi connectivity index (χ1n) is 8.24. The number of nitrogens with one attached hydrogen (secondary N) is 2. The standard InChI is InChI=1S/C19H20Cl2N2O4/c1-26-12-13-4-6-14(7-5-13)19(25)23-22-18(24)3-2-10-27-17-9-8-15(20)11-16(17)21/h4-9,11H,2-3,10,12H2,1H3,(H,22,24)(H,23,25). The van der Waals surface area contributed by atoms with Gasteiger partial charge in [0.15, 0.2) is 0 Å². The summed E-state index contributed by atoms with van der Waals surface area (Å²) in [5, 5.41) is 0.937. The molecule has 0 aliphatic carbocycles. The maximum Gasteiger partial charge on any atom is 0.269 e. The Morgan fingerprint density at radius 2 is 1.78 bits per heavy atom. The van der Waals surface area contributed by atoms with Gasteiger partial charge in [-0.25, -0.2) is 0 Å². The van der Waals surface area contributed by atoms with Crippen LogP contribution < -0.4 is 15.6 Å². The number of carbonyl (C=O) groups is 2. The van der Waals surface area contributed by atoms with E-state index in [1.54, 1.807) is 49.6 Å². The molecule has 0 aliphatic rings. The number of carbonyl (C=O) groups excluding carboxylic acids is 2. The zero-order valence-corrected chi connectivity index (χ0v) is 16.3. The maximum atomic E-state index is 12.0. The van der Waals surface area contributed by atoms with E-state index in [9.17, 15) is 9.59 Å². The Bertz CT molecular complexity index is 782. The third kappa shape index (κ3) is 7.09. The van der Waals surface area contributed by atoms with Crippen LogP contribution in [-0.2, 0) is 16.1 Å². The summed E-state index contributed by atoms with van der Waals surface area (Å²) >= 11 is 11.8. The van der Waals surface area contributed by atoms with Crippen LogP contribution in [0.25, 0.3) is 0 Å². The van der Waals surface area contributed by atoms with E-state index in [2.05, 4.69) is 10.9 Å². The van der Waals surface area contributed by atoms with Gasteiger partial charge >= 0.3 is 0 Å². The van der Waals surface area contributed by atoms with E-state index in [0.717, 1.165) is 5.56 Å². The zero-order valence-electron chi connectivity index (χ0n) is 14.8. The number of methoxy groups -OCH3 is 1. The van der Waals surface area contributed by atoms with Crippen molar-refractivity contribution in [1.82, 2.24) is 10.9 Å². The number of benzene rings is 2. The number of ether oxygens (including phenoxy) is 2. The Hall–Kier alpha value is -2.28. The fourth-order valence-corrected chi connectivity index (χ4v) is 2.65. The number of hydrogen-bond acceptors (Lipinski definition) is 4. The summed E-state index contributed by atoms with van der Waals surface area (Å²) in [6.07, 6.45) is 0.657. The second-order valence-electron chi connectivity index (χ2n) is 5.66. The summed E-state index contributed by atoms with van der Waals surface area (Å²) in [6, 6.07) is 11.8. The van der Waals surface area contributed by atoms with Gasteiger partial charge in [0.05, 0.1) is 18.2 Å². The molecule has 0 spiro atoms. The Labute approximate surface area is 167 Å². The van der Waals surface area contributed by atoms with Crippen molar-refractivity contribution in [3.05, 3.63) is 63.6 Å². The first-order chi connectivity index (χ1) is 13.0. The van der Waals surface area contributed by atoms with Crippen LogP contribution >= 0.6 is 23.2 Å². The Morgan fingerprint density at radius 3 is 2.44 bits per heavy atom. The monoisotopic (exact) mass is 410 g/mol. The molecule has 2 rings (SSSR count). The van der Waals surface area contributed by atoms with Gasteiger partial charge in [0.25, 0.3) is 5.91 Å². The summed E-state index contributed by atoms with van der Waals surface area (Å²) < 4.78 is 10.5. The molecule has 2 N–H and O–H groups in total. The van der Waals surface area contributed by atoms with Gasteiger partial charge in [-0.2, -0.15) is 0 Å². The van der Waals surface area contributed by atoms with E-state index < -0.39 is 5.91 Å². The highest BCUT2D eigenvalue weighted by Crippen LogP contribution is 2.27. The molecule has 0 unspecified atom stereocenters. The highest BCUT2D eigenvalue weighted by Gasteiger charge is 2.08. The van der Waals surface area contributed by atoms with Crippen LogP contribution in [0.4, 0.5) is 0 Å². The summed E-state index contributed by atoms with van der Waals surface area (Å²) in [5.41, 5.74) is 6.15. The Kier molecular flexibility index (Phi) is 8.39. The van der Waals surface area contributed by atoms with Gasteiger partial charge in [-0.05, 0) is 42.3 Å². The summed E-state index contributed by atoms with van der Waals surface area (Å²) in [7, 11) is 1.60. The third-order valence-corrected chi connectivity index (χ3v) is 4.07. The zero-order chi connectivity index (χ0) is 19.6. The molecule has 6 nitrogen and oxygen atoms in total. The van der Waals surface area contributed by atoms with Gasteiger partial charge in [0.2, 0.25) is 5.91 Å². The van der Waals surface area contributed by atoms with E-state index in [-0.39, 0.29) is 12.3 Å². The van der Waals surface area contributed by atoms with Crippen molar-refractivity contribution in [3.63, 3.8) is 0 Å². The normalized spacial score (nSPS) is 10.3. The van der Waals surface area contributed by atoms with Crippen molar-refractivity contribution in [3.8, 4) is 5.75 Å². The molecule has 0 saturated heterocycles. The largest absolute Gasteiger partial charge is 0.492 e. The fourth-order valence-electron chi connectivity index (χ4n) is 2.19. The first-order valence-corrected chi connectivity index (χ1v) is 9.00. The lowest BCUT2D eigenvalue weighted by atomic mass is 10.1. The van der Waals surface area contributed by atoms with Crippen LogP contribution in [0.15, 0.2) is 42.5 Å². The molecule has 2 aromatic rings. The van der Waals surface area contributed by atoms with Crippen LogP contribution in [0.5, 0.6) is 5.75 Å². The topological polar surface area (TPSA) is 76.7 Å². The van der Waals surface area contributed by atoms with Gasteiger partial charge in [0, 0.05) is 24.1 Å². The quantitative estimate of drug-likeness (QED) is 0.512. The minimum atomic E-state index is -0.392. The van der Waals surface area contributed by atoms with E-state index >= 15 is 0 Å². The first kappa shape index (κ1) is 21.0. The van der Waals surface area contributed by atoms with Gasteiger partial charge in [-0.15, -0.1) is 0 Å². The smallest absolute Gasteiger partial charge is 0.269 e. The molecular formula is C19H20Cl2N2O4. The number of rotatable bonds is 8. The van der Waals surface area contributed by atoms with Crippen molar-refractivity contribution in [2.24, 2.45) is 0 Å². The van der Waals surface area contributed by atoms with E-state index in [0.29, 0.717) is 41.0 Å². The van der Waals surface area contributed by atoms with Crippen LogP contribution in [0.1, 0.15) is 28.8 Å². The minimum Gasteiger partial charge on any atom is -0.492 e. The highest BCUT2D eigenvalue weighted by molar-refractivity contribution is 6.35. The molecule has 0 saturated carbocycles. The number of hydrogen-bond donors (Lipinski definition) is 2. The van der Waals surface area contributed by atoms with Crippen molar-refractivity contribution in [2.45, 2.75) is 19.4 Å². The van der Waals surface area contributed by atoms with Crippen molar-refractivity contribution >= 4 is 35.0 Å².